The van der Waals surface area contributed by atoms with E-state index in [2.05, 4.69) is 15.7 Å². The summed E-state index contributed by atoms with van der Waals surface area (Å²) in [5, 5.41) is 0. The van der Waals surface area contributed by atoms with Gasteiger partial charge in [-0.05, 0) is 86.9 Å². The topological polar surface area (TPSA) is 0 Å². The molecule has 0 radical (unpaired) electrons. The van der Waals surface area contributed by atoms with Crippen LogP contribution in [0.3, 0.4) is 0 Å². The van der Waals surface area contributed by atoms with Crippen molar-refractivity contribution in [2.45, 2.75) is 100 Å². The van der Waals surface area contributed by atoms with Gasteiger partial charge in [0.2, 0.25) is 0 Å². The standard InChI is InChI=1S/C22H40B2S/c23-21(24)8-4-2-6-16-10-12-20-19-11-9-15-5-1-3-7-17(15)18(19)13-14-22(16,20)25/h15-21,25H,1-14,23-24H2. The molecule has 4 rings (SSSR count). The first kappa shape index (κ1) is 18.8. The predicted octanol–water partition coefficient (Wildman–Crippen LogP) is 4.88. The van der Waals surface area contributed by atoms with Crippen LogP contribution in [-0.4, -0.2) is 20.4 Å². The molecule has 0 spiro atoms. The summed E-state index contributed by atoms with van der Waals surface area (Å²) in [7, 11) is 4.74. The van der Waals surface area contributed by atoms with E-state index in [1.54, 1.807) is 25.7 Å². The first-order valence-electron chi connectivity index (χ1n) is 11.8. The van der Waals surface area contributed by atoms with Crippen LogP contribution < -0.4 is 0 Å². The fourth-order valence-electron chi connectivity index (χ4n) is 7.92. The summed E-state index contributed by atoms with van der Waals surface area (Å²) >= 11 is 5.48. The Labute approximate surface area is 164 Å². The Kier molecular flexibility index (Phi) is 5.91. The predicted molar refractivity (Wildman–Crippen MR) is 118 cm³/mol. The Hall–Kier alpha value is 0.480. The minimum atomic E-state index is 0.417. The van der Waals surface area contributed by atoms with Crippen LogP contribution in [0, 0.1) is 35.5 Å². The summed E-state index contributed by atoms with van der Waals surface area (Å²) in [5.74, 6) is 6.24. The summed E-state index contributed by atoms with van der Waals surface area (Å²) in [5.41, 5.74) is 0.877. The fraction of sp³-hybridized carbons (Fsp3) is 1.00. The molecule has 0 bridgehead atoms. The lowest BCUT2D eigenvalue weighted by atomic mass is 9.53. The van der Waals surface area contributed by atoms with Crippen LogP contribution in [0.15, 0.2) is 0 Å². The molecule has 0 aromatic rings. The monoisotopic (exact) mass is 358 g/mol. The molecule has 3 heteroatoms. The van der Waals surface area contributed by atoms with Crippen molar-refractivity contribution in [2.24, 2.45) is 35.5 Å². The van der Waals surface area contributed by atoms with E-state index in [4.69, 9.17) is 12.6 Å². The first-order valence-corrected chi connectivity index (χ1v) is 12.3. The normalized spacial score (nSPS) is 46.5. The number of unbranched alkanes of at least 4 members (excludes halogenated alkanes) is 1. The summed E-state index contributed by atoms with van der Waals surface area (Å²) in [6.45, 7) is 0. The van der Waals surface area contributed by atoms with Crippen molar-refractivity contribution < 1.29 is 0 Å². The van der Waals surface area contributed by atoms with Crippen molar-refractivity contribution in [3.05, 3.63) is 0 Å². The van der Waals surface area contributed by atoms with E-state index in [1.807, 2.05) is 0 Å². The van der Waals surface area contributed by atoms with Crippen molar-refractivity contribution in [1.29, 1.82) is 0 Å². The SMILES string of the molecule is BC(B)CCCCC1CCC2C3CCC4CCCCC4C3CCC12S. The van der Waals surface area contributed by atoms with Crippen molar-refractivity contribution >= 4 is 28.3 Å². The molecular formula is C22H40B2S. The van der Waals surface area contributed by atoms with E-state index in [1.165, 1.54) is 64.2 Å². The van der Waals surface area contributed by atoms with Gasteiger partial charge in [-0.15, -0.1) is 0 Å². The van der Waals surface area contributed by atoms with Crippen molar-refractivity contribution in [2.75, 3.05) is 0 Å². The van der Waals surface area contributed by atoms with Gasteiger partial charge in [0, 0.05) is 4.75 Å². The van der Waals surface area contributed by atoms with Crippen LogP contribution in [0.4, 0.5) is 0 Å². The minimum Gasteiger partial charge on any atom is -0.172 e. The quantitative estimate of drug-likeness (QED) is 0.404. The summed E-state index contributed by atoms with van der Waals surface area (Å²) in [6.07, 6.45) is 21.0. The summed E-state index contributed by atoms with van der Waals surface area (Å²) < 4.78 is 0.417. The van der Waals surface area contributed by atoms with E-state index >= 15 is 0 Å². The highest BCUT2D eigenvalue weighted by atomic mass is 32.1. The lowest BCUT2D eigenvalue weighted by Gasteiger charge is -2.55. The Morgan fingerprint density at radius 3 is 2.52 bits per heavy atom. The second-order valence-electron chi connectivity index (χ2n) is 10.7. The Morgan fingerprint density at radius 2 is 1.68 bits per heavy atom. The van der Waals surface area contributed by atoms with E-state index in [0.29, 0.717) is 4.75 Å². The number of hydrogen-bond acceptors (Lipinski definition) is 1. The van der Waals surface area contributed by atoms with Gasteiger partial charge in [0.15, 0.2) is 0 Å². The van der Waals surface area contributed by atoms with Gasteiger partial charge in [-0.1, -0.05) is 44.2 Å². The zero-order valence-electron chi connectivity index (χ0n) is 16.9. The zero-order valence-corrected chi connectivity index (χ0v) is 17.8. The first-order chi connectivity index (χ1) is 12.1. The van der Waals surface area contributed by atoms with Gasteiger partial charge >= 0.3 is 0 Å². The number of rotatable bonds is 5. The average Bonchev–Trinajstić information content (AvgIpc) is 2.95. The third-order valence-electron chi connectivity index (χ3n) is 9.09. The number of thiol groups is 1. The molecule has 4 saturated carbocycles. The average molecular weight is 358 g/mol. The van der Waals surface area contributed by atoms with E-state index in [-0.39, 0.29) is 0 Å². The summed E-state index contributed by atoms with van der Waals surface area (Å²) in [6, 6.07) is 0. The van der Waals surface area contributed by atoms with E-state index < -0.39 is 0 Å². The molecule has 4 aliphatic rings. The van der Waals surface area contributed by atoms with Crippen LogP contribution >= 0.6 is 12.6 Å². The molecule has 0 nitrogen and oxygen atoms in total. The van der Waals surface area contributed by atoms with Gasteiger partial charge in [-0.25, -0.2) is 0 Å². The zero-order chi connectivity index (χ0) is 17.4. The highest BCUT2D eigenvalue weighted by Crippen LogP contribution is 2.63. The lowest BCUT2D eigenvalue weighted by molar-refractivity contribution is -0.0151. The van der Waals surface area contributed by atoms with Crippen LogP contribution in [-0.2, 0) is 0 Å². The minimum absolute atomic E-state index is 0.417. The second-order valence-corrected chi connectivity index (χ2v) is 11.5. The molecule has 0 aromatic heterocycles. The number of hydrogen-bond donors (Lipinski definition) is 1. The van der Waals surface area contributed by atoms with Crippen LogP contribution in [0.25, 0.3) is 0 Å². The van der Waals surface area contributed by atoms with Gasteiger partial charge in [0.25, 0.3) is 0 Å². The largest absolute Gasteiger partial charge is 0.172 e. The molecule has 0 aromatic carbocycles. The maximum Gasteiger partial charge on any atom is 0.0957 e. The van der Waals surface area contributed by atoms with Crippen LogP contribution in [0.5, 0.6) is 0 Å². The van der Waals surface area contributed by atoms with E-state index in [9.17, 15) is 0 Å². The molecule has 0 heterocycles. The molecular weight excluding hydrogens is 318 g/mol. The lowest BCUT2D eigenvalue weighted by Crippen LogP contribution is -2.50. The fourth-order valence-corrected chi connectivity index (χ4v) is 8.63. The van der Waals surface area contributed by atoms with Crippen molar-refractivity contribution in [3.8, 4) is 0 Å². The third kappa shape index (κ3) is 3.62. The van der Waals surface area contributed by atoms with Crippen molar-refractivity contribution in [1.82, 2.24) is 0 Å². The van der Waals surface area contributed by atoms with E-state index in [0.717, 1.165) is 41.2 Å². The van der Waals surface area contributed by atoms with Gasteiger partial charge < -0.3 is 0 Å². The maximum absolute atomic E-state index is 5.48. The van der Waals surface area contributed by atoms with Crippen LogP contribution in [0.1, 0.15) is 89.9 Å². The molecule has 7 unspecified atom stereocenters. The van der Waals surface area contributed by atoms with Crippen molar-refractivity contribution in [3.63, 3.8) is 0 Å². The molecule has 0 aliphatic heterocycles. The smallest absolute Gasteiger partial charge is 0.0957 e. The molecule has 25 heavy (non-hydrogen) atoms. The second kappa shape index (κ2) is 7.84. The van der Waals surface area contributed by atoms with Crippen LogP contribution in [0.2, 0.25) is 5.72 Å². The Balaban J connectivity index is 1.39. The maximum atomic E-state index is 5.48. The molecule has 4 aliphatic carbocycles. The highest BCUT2D eigenvalue weighted by Gasteiger charge is 2.56. The molecule has 4 fully saturated rings. The molecule has 0 saturated heterocycles. The Bertz CT molecular complexity index is 453. The Morgan fingerprint density at radius 1 is 0.840 bits per heavy atom. The molecule has 7 atom stereocenters. The molecule has 0 amide bonds. The molecule has 140 valence electrons. The van der Waals surface area contributed by atoms with Gasteiger partial charge in [-0.3, -0.25) is 0 Å². The number of fused-ring (bicyclic) bond motifs is 5. The summed E-state index contributed by atoms with van der Waals surface area (Å²) in [4.78, 5) is 0. The third-order valence-corrected chi connectivity index (χ3v) is 10.0. The molecule has 0 N–H and O–H groups in total. The van der Waals surface area contributed by atoms with Gasteiger partial charge in [0.1, 0.15) is 0 Å². The highest BCUT2D eigenvalue weighted by molar-refractivity contribution is 7.81. The van der Waals surface area contributed by atoms with Gasteiger partial charge in [0.05, 0.1) is 15.7 Å². The van der Waals surface area contributed by atoms with Gasteiger partial charge in [-0.2, -0.15) is 12.6 Å².